The molecule has 0 aliphatic rings. The van der Waals surface area contributed by atoms with Crippen molar-refractivity contribution in [1.82, 2.24) is 0 Å². The van der Waals surface area contributed by atoms with Gasteiger partial charge in [-0.2, -0.15) is 0 Å². The van der Waals surface area contributed by atoms with Crippen LogP contribution in [0.3, 0.4) is 0 Å². The van der Waals surface area contributed by atoms with Crippen molar-refractivity contribution in [2.24, 2.45) is 5.92 Å². The van der Waals surface area contributed by atoms with Gasteiger partial charge >= 0.3 is 0 Å². The standard InChI is InChI=1S/C9H14O3.Zr/c1-7(11)9(8(2)12)5-3-4-6-10;/h6,9H,3-5H2,1-2H3;. The molecule has 13 heavy (non-hydrogen) atoms. The van der Waals surface area contributed by atoms with Gasteiger partial charge in [-0.1, -0.05) is 0 Å². The Balaban J connectivity index is 0. The Bertz CT molecular complexity index is 175. The molecular weight excluding hydrogens is 247 g/mol. The van der Waals surface area contributed by atoms with E-state index in [0.29, 0.717) is 19.3 Å². The summed E-state index contributed by atoms with van der Waals surface area (Å²) in [7, 11) is 0. The van der Waals surface area contributed by atoms with E-state index in [1.807, 2.05) is 0 Å². The maximum Gasteiger partial charge on any atom is 0.140 e. The van der Waals surface area contributed by atoms with Crippen LogP contribution in [0.1, 0.15) is 33.1 Å². The van der Waals surface area contributed by atoms with E-state index in [4.69, 9.17) is 0 Å². The van der Waals surface area contributed by atoms with Gasteiger partial charge in [0.1, 0.15) is 17.9 Å². The summed E-state index contributed by atoms with van der Waals surface area (Å²) in [6.45, 7) is 2.82. The summed E-state index contributed by atoms with van der Waals surface area (Å²) in [6.07, 6.45) is 2.35. The molecule has 0 aromatic heterocycles. The first-order valence-electron chi connectivity index (χ1n) is 4.04. The second-order valence-electron chi connectivity index (χ2n) is 2.87. The second-order valence-corrected chi connectivity index (χ2v) is 2.87. The minimum Gasteiger partial charge on any atom is -0.303 e. The Hall–Kier alpha value is -0.107. The van der Waals surface area contributed by atoms with Crippen molar-refractivity contribution in [3.05, 3.63) is 0 Å². The smallest absolute Gasteiger partial charge is 0.140 e. The molecule has 0 rings (SSSR count). The van der Waals surface area contributed by atoms with Crippen LogP contribution in [-0.2, 0) is 40.6 Å². The molecule has 0 aliphatic carbocycles. The average Bonchev–Trinajstić information content (AvgIpc) is 1.96. The molecule has 0 fully saturated rings. The van der Waals surface area contributed by atoms with Crippen LogP contribution >= 0.6 is 0 Å². The van der Waals surface area contributed by atoms with E-state index in [-0.39, 0.29) is 37.8 Å². The maximum absolute atomic E-state index is 10.9. The van der Waals surface area contributed by atoms with Crippen LogP contribution < -0.4 is 0 Å². The molecule has 0 aromatic rings. The zero-order valence-corrected chi connectivity index (χ0v) is 10.5. The van der Waals surface area contributed by atoms with Crippen molar-refractivity contribution in [2.75, 3.05) is 0 Å². The molecule has 0 heterocycles. The third-order valence-corrected chi connectivity index (χ3v) is 1.80. The second kappa shape index (κ2) is 8.49. The Morgan fingerprint density at radius 1 is 1.23 bits per heavy atom. The molecule has 0 spiro atoms. The Morgan fingerprint density at radius 3 is 2.00 bits per heavy atom. The molecule has 72 valence electrons. The van der Waals surface area contributed by atoms with Crippen molar-refractivity contribution in [3.8, 4) is 0 Å². The van der Waals surface area contributed by atoms with Gasteiger partial charge in [-0.15, -0.1) is 0 Å². The number of hydrogen-bond acceptors (Lipinski definition) is 3. The molecule has 0 saturated heterocycles. The predicted octanol–water partition coefficient (Wildman–Crippen LogP) is 1.15. The van der Waals surface area contributed by atoms with Crippen molar-refractivity contribution < 1.29 is 40.6 Å². The van der Waals surface area contributed by atoms with Gasteiger partial charge in [-0.05, 0) is 26.7 Å². The van der Waals surface area contributed by atoms with Gasteiger partial charge in [-0.3, -0.25) is 9.59 Å². The molecule has 0 saturated carbocycles. The molecule has 3 nitrogen and oxygen atoms in total. The van der Waals surface area contributed by atoms with E-state index in [1.165, 1.54) is 13.8 Å². The molecule has 4 heteroatoms. The van der Waals surface area contributed by atoms with Gasteiger partial charge in [0.2, 0.25) is 0 Å². The molecular formula is C9H14O3Zr. The molecule has 0 atom stereocenters. The van der Waals surface area contributed by atoms with E-state index in [9.17, 15) is 14.4 Å². The third-order valence-electron chi connectivity index (χ3n) is 1.80. The van der Waals surface area contributed by atoms with Crippen LogP contribution in [0.5, 0.6) is 0 Å². The van der Waals surface area contributed by atoms with Crippen LogP contribution in [0, 0.1) is 5.92 Å². The average molecular weight is 261 g/mol. The van der Waals surface area contributed by atoms with Gasteiger partial charge in [0.05, 0.1) is 5.92 Å². The van der Waals surface area contributed by atoms with Gasteiger partial charge in [-0.25, -0.2) is 0 Å². The summed E-state index contributed by atoms with van der Waals surface area (Å²) in [4.78, 5) is 31.7. The number of carbonyl (C=O) groups is 3. The molecule has 0 bridgehead atoms. The summed E-state index contributed by atoms with van der Waals surface area (Å²) in [5, 5.41) is 0. The number of carbonyl (C=O) groups excluding carboxylic acids is 3. The summed E-state index contributed by atoms with van der Waals surface area (Å²) in [6, 6.07) is 0. The first-order valence-corrected chi connectivity index (χ1v) is 4.04. The molecule has 0 radical (unpaired) electrons. The topological polar surface area (TPSA) is 51.2 Å². The van der Waals surface area contributed by atoms with E-state index in [0.717, 1.165) is 6.29 Å². The van der Waals surface area contributed by atoms with Gasteiger partial charge in [0, 0.05) is 32.6 Å². The SMILES string of the molecule is CC(=O)C(CCCC=O)C(C)=O.[Zr]. The van der Waals surface area contributed by atoms with Crippen LogP contribution in [0.4, 0.5) is 0 Å². The molecule has 0 amide bonds. The quantitative estimate of drug-likeness (QED) is 0.409. The van der Waals surface area contributed by atoms with Crippen LogP contribution in [-0.4, -0.2) is 17.9 Å². The molecule has 0 N–H and O–H groups in total. The summed E-state index contributed by atoms with van der Waals surface area (Å²) in [5.41, 5.74) is 0. The third kappa shape index (κ3) is 7.00. The van der Waals surface area contributed by atoms with Gasteiger partial charge in [0.25, 0.3) is 0 Å². The fourth-order valence-corrected chi connectivity index (χ4v) is 1.10. The molecule has 0 aromatic carbocycles. The summed E-state index contributed by atoms with van der Waals surface area (Å²) in [5.74, 6) is -0.702. The van der Waals surface area contributed by atoms with Crippen LogP contribution in [0.25, 0.3) is 0 Å². The minimum atomic E-state index is -0.495. The van der Waals surface area contributed by atoms with E-state index in [1.54, 1.807) is 0 Å². The summed E-state index contributed by atoms with van der Waals surface area (Å²) < 4.78 is 0. The first-order chi connectivity index (χ1) is 5.59. The normalized spacial score (nSPS) is 9.15. The first kappa shape index (κ1) is 15.4. The monoisotopic (exact) mass is 260 g/mol. The van der Waals surface area contributed by atoms with E-state index >= 15 is 0 Å². The van der Waals surface area contributed by atoms with Crippen molar-refractivity contribution in [1.29, 1.82) is 0 Å². The fourth-order valence-electron chi connectivity index (χ4n) is 1.10. The molecule has 0 unspecified atom stereocenters. The number of ketones is 2. The Labute approximate surface area is 97.4 Å². The number of rotatable bonds is 6. The number of unbranched alkanes of at least 4 members (excludes halogenated alkanes) is 1. The van der Waals surface area contributed by atoms with Gasteiger partial charge in [0.15, 0.2) is 0 Å². The number of hydrogen-bond donors (Lipinski definition) is 0. The molecule has 0 aliphatic heterocycles. The zero-order chi connectivity index (χ0) is 9.56. The Morgan fingerprint density at radius 2 is 1.69 bits per heavy atom. The fraction of sp³-hybridized carbons (Fsp3) is 0.667. The van der Waals surface area contributed by atoms with Crippen molar-refractivity contribution >= 4 is 17.9 Å². The zero-order valence-electron chi connectivity index (χ0n) is 8.00. The Kier molecular flexibility index (Phi) is 10.0. The predicted molar refractivity (Wildman–Crippen MR) is 44.8 cm³/mol. The van der Waals surface area contributed by atoms with E-state index < -0.39 is 5.92 Å². The van der Waals surface area contributed by atoms with Gasteiger partial charge < -0.3 is 4.79 Å². The van der Waals surface area contributed by atoms with Crippen LogP contribution in [0.15, 0.2) is 0 Å². The summed E-state index contributed by atoms with van der Waals surface area (Å²) >= 11 is 0. The maximum atomic E-state index is 10.9. The minimum absolute atomic E-state index is 0. The van der Waals surface area contributed by atoms with Crippen molar-refractivity contribution in [3.63, 3.8) is 0 Å². The number of Topliss-reactive ketones (excluding diaryl/α,β-unsaturated/α-hetero) is 2. The van der Waals surface area contributed by atoms with E-state index in [2.05, 4.69) is 0 Å². The number of aldehydes is 1. The largest absolute Gasteiger partial charge is 0.303 e. The van der Waals surface area contributed by atoms with Crippen molar-refractivity contribution in [2.45, 2.75) is 33.1 Å². The van der Waals surface area contributed by atoms with Crippen LogP contribution in [0.2, 0.25) is 0 Å².